The largest absolute Gasteiger partial charge is 0.311 e. The Morgan fingerprint density at radius 2 is 2.11 bits per heavy atom. The first-order chi connectivity index (χ1) is 8.81. The van der Waals surface area contributed by atoms with Gasteiger partial charge < -0.3 is 5.32 Å². The van der Waals surface area contributed by atoms with Gasteiger partial charge in [-0.3, -0.25) is 4.68 Å². The molecule has 18 heavy (non-hydrogen) atoms. The van der Waals surface area contributed by atoms with Crippen molar-refractivity contribution >= 4 is 11.6 Å². The number of hydrogen-bond donors (Lipinski definition) is 1. The lowest BCUT2D eigenvalue weighted by Gasteiger charge is -2.09. The van der Waals surface area contributed by atoms with Crippen molar-refractivity contribution < 1.29 is 0 Å². The molecule has 0 amide bonds. The maximum atomic E-state index is 6.16. The van der Waals surface area contributed by atoms with Crippen LogP contribution < -0.4 is 5.32 Å². The summed E-state index contributed by atoms with van der Waals surface area (Å²) in [6.45, 7) is 4.75. The summed E-state index contributed by atoms with van der Waals surface area (Å²) in [4.78, 5) is 0. The van der Waals surface area contributed by atoms with Crippen LogP contribution in [0, 0.1) is 0 Å². The lowest BCUT2D eigenvalue weighted by atomic mass is 10.2. The number of nitrogens with zero attached hydrogens (tertiary/aromatic N) is 2. The molecule has 0 atom stereocenters. The van der Waals surface area contributed by atoms with Gasteiger partial charge in [-0.2, -0.15) is 5.10 Å². The van der Waals surface area contributed by atoms with E-state index in [1.807, 2.05) is 41.2 Å². The van der Waals surface area contributed by atoms with Crippen LogP contribution in [0.2, 0.25) is 5.02 Å². The summed E-state index contributed by atoms with van der Waals surface area (Å²) >= 11 is 6.16. The minimum Gasteiger partial charge on any atom is -0.311 e. The fourth-order valence-corrected chi connectivity index (χ4v) is 2.03. The zero-order valence-electron chi connectivity index (χ0n) is 10.6. The lowest BCUT2D eigenvalue weighted by molar-refractivity contribution is 0.592. The Balaban J connectivity index is 2.05. The van der Waals surface area contributed by atoms with E-state index in [-0.39, 0.29) is 0 Å². The van der Waals surface area contributed by atoms with Gasteiger partial charge in [0.05, 0.1) is 12.2 Å². The summed E-state index contributed by atoms with van der Waals surface area (Å²) in [5.74, 6) is 0. The van der Waals surface area contributed by atoms with E-state index in [1.54, 1.807) is 0 Å². The highest BCUT2D eigenvalue weighted by Crippen LogP contribution is 2.16. The van der Waals surface area contributed by atoms with Gasteiger partial charge in [0.25, 0.3) is 0 Å². The van der Waals surface area contributed by atoms with Crippen molar-refractivity contribution in [3.8, 4) is 0 Å². The van der Waals surface area contributed by atoms with Crippen LogP contribution in [0.15, 0.2) is 36.5 Å². The molecule has 1 aromatic carbocycles. The minimum atomic E-state index is 0.718. The molecule has 0 bridgehead atoms. The molecule has 0 unspecified atom stereocenters. The van der Waals surface area contributed by atoms with Gasteiger partial charge in [0.15, 0.2) is 0 Å². The Morgan fingerprint density at radius 3 is 2.89 bits per heavy atom. The van der Waals surface area contributed by atoms with Crippen LogP contribution in [0.4, 0.5) is 0 Å². The lowest BCUT2D eigenvalue weighted by Crippen LogP contribution is -2.17. The summed E-state index contributed by atoms with van der Waals surface area (Å²) < 4.78 is 1.99. The van der Waals surface area contributed by atoms with E-state index >= 15 is 0 Å². The average Bonchev–Trinajstić information content (AvgIpc) is 2.80. The summed E-state index contributed by atoms with van der Waals surface area (Å²) in [6, 6.07) is 9.93. The first-order valence-corrected chi connectivity index (χ1v) is 6.64. The molecule has 2 rings (SSSR count). The molecular formula is C14H18ClN3. The molecule has 4 heteroatoms. The second-order valence-corrected chi connectivity index (χ2v) is 4.66. The molecule has 1 aromatic heterocycles. The topological polar surface area (TPSA) is 29.9 Å². The van der Waals surface area contributed by atoms with Crippen molar-refractivity contribution in [2.75, 3.05) is 6.54 Å². The van der Waals surface area contributed by atoms with Gasteiger partial charge in [-0.1, -0.05) is 36.7 Å². The summed E-state index contributed by atoms with van der Waals surface area (Å²) in [6.07, 6.45) is 2.97. The molecule has 0 aliphatic carbocycles. The van der Waals surface area contributed by atoms with Crippen LogP contribution in [0.1, 0.15) is 24.6 Å². The van der Waals surface area contributed by atoms with E-state index in [0.29, 0.717) is 0 Å². The van der Waals surface area contributed by atoms with Gasteiger partial charge in [0.2, 0.25) is 0 Å². The van der Waals surface area contributed by atoms with Gasteiger partial charge in [0.1, 0.15) is 0 Å². The zero-order chi connectivity index (χ0) is 12.8. The van der Waals surface area contributed by atoms with Crippen molar-refractivity contribution in [1.82, 2.24) is 15.1 Å². The van der Waals surface area contributed by atoms with Crippen LogP contribution in [-0.4, -0.2) is 16.3 Å². The molecule has 0 spiro atoms. The highest BCUT2D eigenvalue weighted by molar-refractivity contribution is 6.31. The van der Waals surface area contributed by atoms with Gasteiger partial charge >= 0.3 is 0 Å². The van der Waals surface area contributed by atoms with Gasteiger partial charge in [0, 0.05) is 17.8 Å². The number of aromatic nitrogens is 2. The summed E-state index contributed by atoms with van der Waals surface area (Å²) in [7, 11) is 0. The third-order valence-corrected chi connectivity index (χ3v) is 3.18. The normalized spacial score (nSPS) is 10.8. The summed E-state index contributed by atoms with van der Waals surface area (Å²) in [5, 5.41) is 8.53. The molecule has 1 heterocycles. The first-order valence-electron chi connectivity index (χ1n) is 6.26. The minimum absolute atomic E-state index is 0.718. The highest BCUT2D eigenvalue weighted by Gasteiger charge is 2.05. The Labute approximate surface area is 113 Å². The zero-order valence-corrected chi connectivity index (χ0v) is 11.3. The molecule has 96 valence electrons. The van der Waals surface area contributed by atoms with E-state index in [2.05, 4.69) is 17.3 Å². The Kier molecular flexibility index (Phi) is 4.79. The molecule has 0 radical (unpaired) electrons. The van der Waals surface area contributed by atoms with Gasteiger partial charge in [-0.25, -0.2) is 0 Å². The van der Waals surface area contributed by atoms with Crippen LogP contribution in [0.25, 0.3) is 0 Å². The fraction of sp³-hybridized carbons (Fsp3) is 0.357. The SMILES string of the molecule is CCCNCc1ccnn1Cc1ccccc1Cl. The number of benzene rings is 1. The predicted octanol–water partition coefficient (Wildman–Crippen LogP) is 3.08. The second kappa shape index (κ2) is 6.57. The van der Waals surface area contributed by atoms with E-state index < -0.39 is 0 Å². The summed E-state index contributed by atoms with van der Waals surface area (Å²) in [5.41, 5.74) is 2.28. The van der Waals surface area contributed by atoms with Crippen LogP contribution in [-0.2, 0) is 13.1 Å². The molecular weight excluding hydrogens is 246 g/mol. The van der Waals surface area contributed by atoms with Crippen molar-refractivity contribution in [2.24, 2.45) is 0 Å². The van der Waals surface area contributed by atoms with E-state index in [4.69, 9.17) is 11.6 Å². The van der Waals surface area contributed by atoms with Crippen molar-refractivity contribution in [3.63, 3.8) is 0 Å². The molecule has 0 saturated carbocycles. The fourth-order valence-electron chi connectivity index (χ4n) is 1.83. The molecule has 3 nitrogen and oxygen atoms in total. The van der Waals surface area contributed by atoms with Crippen molar-refractivity contribution in [3.05, 3.63) is 52.8 Å². The Morgan fingerprint density at radius 1 is 1.28 bits per heavy atom. The maximum Gasteiger partial charge on any atom is 0.0677 e. The standard InChI is InChI=1S/C14H18ClN3/c1-2-8-16-10-13-7-9-17-18(13)11-12-5-3-4-6-14(12)15/h3-7,9,16H,2,8,10-11H2,1H3. The Bertz CT molecular complexity index is 493. The highest BCUT2D eigenvalue weighted by atomic mass is 35.5. The quantitative estimate of drug-likeness (QED) is 0.812. The third kappa shape index (κ3) is 3.34. The predicted molar refractivity (Wildman–Crippen MR) is 74.8 cm³/mol. The van der Waals surface area contributed by atoms with Gasteiger partial charge in [-0.05, 0) is 30.7 Å². The molecule has 1 N–H and O–H groups in total. The molecule has 2 aromatic rings. The van der Waals surface area contributed by atoms with E-state index in [9.17, 15) is 0 Å². The van der Waals surface area contributed by atoms with Gasteiger partial charge in [-0.15, -0.1) is 0 Å². The molecule has 0 aliphatic heterocycles. The van der Waals surface area contributed by atoms with E-state index in [1.165, 1.54) is 5.69 Å². The maximum absolute atomic E-state index is 6.16. The number of hydrogen-bond acceptors (Lipinski definition) is 2. The smallest absolute Gasteiger partial charge is 0.0677 e. The van der Waals surface area contributed by atoms with Crippen LogP contribution in [0.3, 0.4) is 0 Å². The monoisotopic (exact) mass is 263 g/mol. The first kappa shape index (κ1) is 13.1. The Hall–Kier alpha value is -1.32. The number of halogens is 1. The van der Waals surface area contributed by atoms with Crippen LogP contribution >= 0.6 is 11.6 Å². The second-order valence-electron chi connectivity index (χ2n) is 4.25. The molecule has 0 aliphatic rings. The number of rotatable bonds is 6. The number of nitrogens with one attached hydrogen (secondary N) is 1. The van der Waals surface area contributed by atoms with Crippen molar-refractivity contribution in [2.45, 2.75) is 26.4 Å². The average molecular weight is 264 g/mol. The van der Waals surface area contributed by atoms with Crippen LogP contribution in [0.5, 0.6) is 0 Å². The van der Waals surface area contributed by atoms with E-state index in [0.717, 1.165) is 36.6 Å². The third-order valence-electron chi connectivity index (χ3n) is 2.82. The molecule has 0 fully saturated rings. The van der Waals surface area contributed by atoms with Crippen molar-refractivity contribution in [1.29, 1.82) is 0 Å². The molecule has 0 saturated heterocycles.